The summed E-state index contributed by atoms with van der Waals surface area (Å²) in [4.78, 5) is 10.3. The van der Waals surface area contributed by atoms with Crippen LogP contribution in [0.3, 0.4) is 0 Å². The van der Waals surface area contributed by atoms with Crippen LogP contribution < -0.4 is 0 Å². The van der Waals surface area contributed by atoms with Crippen LogP contribution >= 0.6 is 15.2 Å². The molecule has 0 spiro atoms. The molecule has 0 saturated carbocycles. The topological polar surface area (TPSA) is 114 Å². The molecule has 11 heteroatoms. The van der Waals surface area contributed by atoms with E-state index < -0.39 is 25.5 Å². The van der Waals surface area contributed by atoms with Gasteiger partial charge in [0.15, 0.2) is 5.40 Å². The van der Waals surface area contributed by atoms with Crippen molar-refractivity contribution in [1.82, 2.24) is 0 Å². The van der Waals surface area contributed by atoms with E-state index in [2.05, 4.69) is 0 Å². The first kappa shape index (κ1) is 24.0. The van der Waals surface area contributed by atoms with E-state index in [1.807, 2.05) is 0 Å². The Labute approximate surface area is 159 Å². The number of nitro benzene ring substituents is 1. The van der Waals surface area contributed by atoms with Gasteiger partial charge in [0, 0.05) is 12.1 Å². The van der Waals surface area contributed by atoms with Gasteiger partial charge < -0.3 is 18.1 Å². The van der Waals surface area contributed by atoms with Crippen molar-refractivity contribution in [2.24, 2.45) is 0 Å². The quantitative estimate of drug-likeness (QED) is 0.247. The fourth-order valence-electron chi connectivity index (χ4n) is 2.50. The molecule has 0 unspecified atom stereocenters. The van der Waals surface area contributed by atoms with Crippen LogP contribution in [0.4, 0.5) is 5.69 Å². The van der Waals surface area contributed by atoms with Crippen molar-refractivity contribution in [2.45, 2.75) is 39.5 Å². The fourth-order valence-corrected chi connectivity index (χ4v) is 7.83. The Morgan fingerprint density at radius 3 is 1.52 bits per heavy atom. The fraction of sp³-hybridized carbons (Fsp3) is 0.625. The molecule has 0 bridgehead atoms. The maximum atomic E-state index is 13.4. The van der Waals surface area contributed by atoms with E-state index in [0.29, 0.717) is 5.56 Å². The van der Waals surface area contributed by atoms with E-state index in [4.69, 9.17) is 18.1 Å². The maximum Gasteiger partial charge on any atom is 0.346 e. The third-order valence-electron chi connectivity index (χ3n) is 3.53. The van der Waals surface area contributed by atoms with Crippen molar-refractivity contribution in [2.75, 3.05) is 26.4 Å². The van der Waals surface area contributed by atoms with Crippen LogP contribution in [0.15, 0.2) is 24.3 Å². The molecule has 0 aromatic heterocycles. The van der Waals surface area contributed by atoms with Crippen LogP contribution in [0.1, 0.15) is 33.3 Å². The average molecular weight is 423 g/mol. The molecule has 1 aromatic carbocycles. The summed E-state index contributed by atoms with van der Waals surface area (Å²) in [5, 5.41) is 9.64. The average Bonchev–Trinajstić information content (AvgIpc) is 2.60. The van der Waals surface area contributed by atoms with Gasteiger partial charge in [-0.15, -0.1) is 0 Å². The third kappa shape index (κ3) is 6.49. The number of hydrogen-bond donors (Lipinski definition) is 0. The number of nitro groups is 1. The highest BCUT2D eigenvalue weighted by Gasteiger charge is 2.50. The van der Waals surface area contributed by atoms with Gasteiger partial charge in [0.05, 0.1) is 31.4 Å². The highest BCUT2D eigenvalue weighted by atomic mass is 31.2. The second-order valence-electron chi connectivity index (χ2n) is 5.36. The summed E-state index contributed by atoms with van der Waals surface area (Å²) in [6.07, 6.45) is -0.00739. The van der Waals surface area contributed by atoms with Gasteiger partial charge in [0.2, 0.25) is 0 Å². The van der Waals surface area contributed by atoms with Crippen molar-refractivity contribution in [3.63, 3.8) is 0 Å². The van der Waals surface area contributed by atoms with Crippen LogP contribution in [0.5, 0.6) is 0 Å². The van der Waals surface area contributed by atoms with Gasteiger partial charge in [-0.1, -0.05) is 12.1 Å². The number of rotatable bonds is 13. The van der Waals surface area contributed by atoms with Gasteiger partial charge in [-0.05, 0) is 39.7 Å². The molecular formula is C16H27NO8P2. The Bertz CT molecular complexity index is 644. The monoisotopic (exact) mass is 423 g/mol. The lowest BCUT2D eigenvalue weighted by Gasteiger charge is -2.31. The highest BCUT2D eigenvalue weighted by Crippen LogP contribution is 2.71. The standard InChI is InChI=1S/C16H27NO8P2/c1-5-22-26(20,23-6-2)16(27(21,24-7-3)25-8-4)13-14-9-11-15(12-10-14)17(18)19/h9-12,16H,5-8,13H2,1-4H3. The first-order valence-corrected chi connectivity index (χ1v) is 12.0. The lowest BCUT2D eigenvalue weighted by molar-refractivity contribution is -0.384. The zero-order valence-electron chi connectivity index (χ0n) is 16.0. The van der Waals surface area contributed by atoms with Crippen LogP contribution in [-0.2, 0) is 33.6 Å². The third-order valence-corrected chi connectivity index (χ3v) is 9.53. The minimum Gasteiger partial charge on any atom is -0.308 e. The van der Waals surface area contributed by atoms with E-state index in [1.54, 1.807) is 27.7 Å². The highest BCUT2D eigenvalue weighted by molar-refractivity contribution is 7.72. The summed E-state index contributed by atoms with van der Waals surface area (Å²) in [5.41, 5.74) is 0.496. The molecule has 0 amide bonds. The van der Waals surface area contributed by atoms with Crippen molar-refractivity contribution in [3.8, 4) is 0 Å². The SMILES string of the molecule is CCOP(=O)(OCC)C(Cc1ccc([N+](=O)[O-])cc1)P(=O)(OCC)OCC. The number of hydrogen-bond acceptors (Lipinski definition) is 8. The van der Waals surface area contributed by atoms with Gasteiger partial charge in [0.1, 0.15) is 0 Å². The van der Waals surface area contributed by atoms with E-state index in [9.17, 15) is 19.2 Å². The Morgan fingerprint density at radius 1 is 0.852 bits per heavy atom. The summed E-state index contributed by atoms with van der Waals surface area (Å²) in [7, 11) is -7.71. The summed E-state index contributed by atoms with van der Waals surface area (Å²) < 4.78 is 48.4. The summed E-state index contributed by atoms with van der Waals surface area (Å²) >= 11 is 0. The molecule has 0 N–H and O–H groups in total. The molecule has 1 rings (SSSR count). The smallest absolute Gasteiger partial charge is 0.308 e. The molecule has 0 aliphatic heterocycles. The molecule has 0 atom stereocenters. The van der Waals surface area contributed by atoms with Gasteiger partial charge in [-0.3, -0.25) is 19.2 Å². The lowest BCUT2D eigenvalue weighted by Crippen LogP contribution is -2.20. The second-order valence-corrected chi connectivity index (χ2v) is 10.2. The molecular weight excluding hydrogens is 396 g/mol. The van der Waals surface area contributed by atoms with Crippen LogP contribution in [0.25, 0.3) is 0 Å². The van der Waals surface area contributed by atoms with E-state index >= 15 is 0 Å². The van der Waals surface area contributed by atoms with Crippen LogP contribution in [0.2, 0.25) is 0 Å². The zero-order chi connectivity index (χ0) is 20.5. The van der Waals surface area contributed by atoms with Crippen molar-refractivity contribution >= 4 is 20.9 Å². The summed E-state index contributed by atoms with van der Waals surface area (Å²) in [5.74, 6) is 0. The molecule has 0 aliphatic carbocycles. The molecule has 0 aliphatic rings. The van der Waals surface area contributed by atoms with E-state index in [-0.39, 0.29) is 38.5 Å². The number of non-ortho nitro benzene ring substituents is 1. The largest absolute Gasteiger partial charge is 0.346 e. The first-order chi connectivity index (χ1) is 12.8. The number of nitrogens with zero attached hydrogens (tertiary/aromatic N) is 1. The Balaban J connectivity index is 3.36. The van der Waals surface area contributed by atoms with Gasteiger partial charge >= 0.3 is 15.2 Å². The van der Waals surface area contributed by atoms with Crippen molar-refractivity contribution < 1.29 is 32.1 Å². The maximum absolute atomic E-state index is 13.4. The molecule has 0 radical (unpaired) electrons. The first-order valence-electron chi connectivity index (χ1n) is 8.77. The summed E-state index contributed by atoms with van der Waals surface area (Å²) in [6.45, 7) is 6.97. The molecule has 154 valence electrons. The lowest BCUT2D eigenvalue weighted by atomic mass is 10.1. The molecule has 0 heterocycles. The predicted molar refractivity (Wildman–Crippen MR) is 102 cm³/mol. The molecule has 0 fully saturated rings. The summed E-state index contributed by atoms with van der Waals surface area (Å²) in [6, 6.07) is 5.67. The zero-order valence-corrected chi connectivity index (χ0v) is 17.8. The minimum absolute atomic E-state index is 0.00739. The van der Waals surface area contributed by atoms with Crippen LogP contribution in [0, 0.1) is 10.1 Å². The van der Waals surface area contributed by atoms with Crippen molar-refractivity contribution in [1.29, 1.82) is 0 Å². The Morgan fingerprint density at radius 2 is 1.22 bits per heavy atom. The van der Waals surface area contributed by atoms with Gasteiger partial charge in [-0.2, -0.15) is 0 Å². The van der Waals surface area contributed by atoms with E-state index in [1.165, 1.54) is 24.3 Å². The minimum atomic E-state index is -3.85. The Kier molecular flexibility index (Phi) is 9.81. The second kappa shape index (κ2) is 11.1. The normalized spacial score (nSPS) is 12.5. The van der Waals surface area contributed by atoms with Crippen LogP contribution in [-0.4, -0.2) is 36.8 Å². The van der Waals surface area contributed by atoms with Gasteiger partial charge in [0.25, 0.3) is 5.69 Å². The van der Waals surface area contributed by atoms with Gasteiger partial charge in [-0.25, -0.2) is 0 Å². The molecule has 27 heavy (non-hydrogen) atoms. The molecule has 0 saturated heterocycles. The van der Waals surface area contributed by atoms with Crippen molar-refractivity contribution in [3.05, 3.63) is 39.9 Å². The predicted octanol–water partition coefficient (Wildman–Crippen LogP) is 5.00. The Hall–Kier alpha value is -1.08. The molecule has 1 aromatic rings. The number of benzene rings is 1. The molecule has 9 nitrogen and oxygen atoms in total. The van der Waals surface area contributed by atoms with E-state index in [0.717, 1.165) is 0 Å².